The van der Waals surface area contributed by atoms with Gasteiger partial charge in [-0.2, -0.15) is 0 Å². The lowest BCUT2D eigenvalue weighted by Gasteiger charge is -2.21. The molecule has 3 aromatic rings. The number of aromatic nitrogens is 1. The smallest absolute Gasteiger partial charge is 0.0534 e. The van der Waals surface area contributed by atoms with Gasteiger partial charge in [-0.05, 0) is 66.2 Å². The average molecular weight is 431 g/mol. The fourth-order valence-electron chi connectivity index (χ4n) is 5.59. The Kier molecular flexibility index (Phi) is 4.95. The van der Waals surface area contributed by atoms with Crippen LogP contribution in [0.1, 0.15) is 43.5 Å². The molecule has 0 saturated heterocycles. The first kappa shape index (κ1) is 20.1. The molecule has 164 valence electrons. The molecule has 0 amide bonds. The Labute approximate surface area is 196 Å². The van der Waals surface area contributed by atoms with Crippen molar-refractivity contribution in [2.45, 2.75) is 33.1 Å². The number of nitrogens with one attached hydrogen (secondary N) is 1. The van der Waals surface area contributed by atoms with E-state index in [4.69, 9.17) is 0 Å². The van der Waals surface area contributed by atoms with E-state index in [2.05, 4.69) is 115 Å². The molecule has 2 nitrogen and oxygen atoms in total. The van der Waals surface area contributed by atoms with Crippen molar-refractivity contribution in [1.29, 1.82) is 0 Å². The van der Waals surface area contributed by atoms with E-state index in [0.29, 0.717) is 11.8 Å². The number of allylic oxidation sites excluding steroid dienone is 7. The fraction of sp³-hybridized carbons (Fsp3) is 0.226. The molecule has 1 aromatic heterocycles. The lowest BCUT2D eigenvalue weighted by Crippen LogP contribution is -2.15. The zero-order chi connectivity index (χ0) is 22.4. The van der Waals surface area contributed by atoms with E-state index in [0.717, 1.165) is 19.3 Å². The van der Waals surface area contributed by atoms with Crippen LogP contribution in [0.3, 0.4) is 0 Å². The Morgan fingerprint density at radius 3 is 2.61 bits per heavy atom. The second kappa shape index (κ2) is 8.12. The van der Waals surface area contributed by atoms with Crippen LogP contribution >= 0.6 is 0 Å². The van der Waals surface area contributed by atoms with Crippen molar-refractivity contribution in [3.63, 3.8) is 0 Å². The van der Waals surface area contributed by atoms with Crippen LogP contribution in [0, 0.1) is 11.8 Å². The monoisotopic (exact) mass is 430 g/mol. The van der Waals surface area contributed by atoms with Crippen molar-refractivity contribution in [3.05, 3.63) is 113 Å². The summed E-state index contributed by atoms with van der Waals surface area (Å²) in [5.41, 5.74) is 10.6. The highest BCUT2D eigenvalue weighted by Gasteiger charge is 2.23. The van der Waals surface area contributed by atoms with Gasteiger partial charge in [-0.15, -0.1) is 0 Å². The highest BCUT2D eigenvalue weighted by molar-refractivity contribution is 5.92. The summed E-state index contributed by atoms with van der Waals surface area (Å²) in [5.74, 6) is 1.00. The van der Waals surface area contributed by atoms with Crippen molar-refractivity contribution in [2.75, 3.05) is 0 Å². The van der Waals surface area contributed by atoms with E-state index in [1.54, 1.807) is 0 Å². The molecule has 3 aliphatic rings. The van der Waals surface area contributed by atoms with Gasteiger partial charge >= 0.3 is 0 Å². The normalized spacial score (nSPS) is 21.9. The van der Waals surface area contributed by atoms with Crippen LogP contribution in [0.4, 0.5) is 0 Å². The Balaban J connectivity index is 1.40. The molecule has 0 bridgehead atoms. The van der Waals surface area contributed by atoms with Gasteiger partial charge in [0.1, 0.15) is 0 Å². The lowest BCUT2D eigenvalue weighted by atomic mass is 9.93. The van der Waals surface area contributed by atoms with Gasteiger partial charge in [0.2, 0.25) is 0 Å². The predicted octanol–water partition coefficient (Wildman–Crippen LogP) is 7.57. The van der Waals surface area contributed by atoms with Crippen LogP contribution in [0.25, 0.3) is 28.2 Å². The number of hydrogen-bond acceptors (Lipinski definition) is 1. The molecule has 0 radical (unpaired) electrons. The zero-order valence-corrected chi connectivity index (χ0v) is 19.4. The van der Waals surface area contributed by atoms with Gasteiger partial charge in [0.05, 0.1) is 5.52 Å². The van der Waals surface area contributed by atoms with Crippen molar-refractivity contribution in [3.8, 4) is 0 Å². The number of rotatable bonds is 4. The van der Waals surface area contributed by atoms with Crippen molar-refractivity contribution < 1.29 is 0 Å². The minimum absolute atomic E-state index is 0.412. The zero-order valence-electron chi connectivity index (χ0n) is 19.4. The number of nitrogens with zero attached hydrogens (tertiary/aromatic N) is 1. The Morgan fingerprint density at radius 1 is 0.909 bits per heavy atom. The Morgan fingerprint density at radius 2 is 1.73 bits per heavy atom. The van der Waals surface area contributed by atoms with Gasteiger partial charge in [0.15, 0.2) is 0 Å². The second-order valence-corrected chi connectivity index (χ2v) is 9.56. The van der Waals surface area contributed by atoms with E-state index >= 15 is 0 Å². The first-order chi connectivity index (χ1) is 16.2. The van der Waals surface area contributed by atoms with Crippen molar-refractivity contribution >= 4 is 28.2 Å². The summed E-state index contributed by atoms with van der Waals surface area (Å²) in [6.45, 7) is 4.58. The minimum atomic E-state index is 0.412. The SMILES string of the molecule is CC1C=CC(NC2=CCCC(n3c4c(c5ccccc53)C[C@H](C)C=C4)=C2)=C1c1ccccc1. The summed E-state index contributed by atoms with van der Waals surface area (Å²) in [7, 11) is 0. The average Bonchev–Trinajstić information content (AvgIpc) is 3.37. The molecule has 1 heterocycles. The van der Waals surface area contributed by atoms with E-state index in [1.165, 1.54) is 50.4 Å². The van der Waals surface area contributed by atoms with Crippen molar-refractivity contribution in [1.82, 2.24) is 9.88 Å². The molecule has 0 aliphatic heterocycles. The molecule has 2 aromatic carbocycles. The fourth-order valence-corrected chi connectivity index (χ4v) is 5.59. The third-order valence-electron chi connectivity index (χ3n) is 7.16. The van der Waals surface area contributed by atoms with Crippen LogP contribution in [0.5, 0.6) is 0 Å². The van der Waals surface area contributed by atoms with Crippen LogP contribution in [0.2, 0.25) is 0 Å². The molecule has 3 aliphatic carbocycles. The molecule has 2 atom stereocenters. The molecule has 0 spiro atoms. The molecule has 1 N–H and O–H groups in total. The number of para-hydroxylation sites is 1. The second-order valence-electron chi connectivity index (χ2n) is 9.56. The van der Waals surface area contributed by atoms with Gasteiger partial charge in [-0.3, -0.25) is 0 Å². The Hall–Kier alpha value is -3.52. The highest BCUT2D eigenvalue weighted by atomic mass is 15.0. The maximum absolute atomic E-state index is 3.77. The van der Waals surface area contributed by atoms with E-state index in [1.807, 2.05) is 0 Å². The summed E-state index contributed by atoms with van der Waals surface area (Å²) >= 11 is 0. The third kappa shape index (κ3) is 3.51. The predicted molar refractivity (Wildman–Crippen MR) is 140 cm³/mol. The number of benzene rings is 2. The summed E-state index contributed by atoms with van der Waals surface area (Å²) in [6, 6.07) is 19.6. The number of fused-ring (bicyclic) bond motifs is 3. The molecule has 33 heavy (non-hydrogen) atoms. The molecular formula is C31H30N2. The highest BCUT2D eigenvalue weighted by Crippen LogP contribution is 2.38. The summed E-state index contributed by atoms with van der Waals surface area (Å²) in [5, 5.41) is 5.17. The topological polar surface area (TPSA) is 17.0 Å². The molecule has 0 saturated carbocycles. The number of hydrogen-bond donors (Lipinski definition) is 1. The molecule has 6 rings (SSSR count). The third-order valence-corrected chi connectivity index (χ3v) is 7.16. The quantitative estimate of drug-likeness (QED) is 0.451. The largest absolute Gasteiger partial charge is 0.355 e. The van der Waals surface area contributed by atoms with E-state index in [9.17, 15) is 0 Å². The van der Waals surface area contributed by atoms with Crippen LogP contribution in [-0.2, 0) is 6.42 Å². The maximum atomic E-state index is 3.77. The summed E-state index contributed by atoms with van der Waals surface area (Å²) in [4.78, 5) is 0. The van der Waals surface area contributed by atoms with Crippen LogP contribution < -0.4 is 5.32 Å². The van der Waals surface area contributed by atoms with Gasteiger partial charge < -0.3 is 9.88 Å². The minimum Gasteiger partial charge on any atom is -0.355 e. The van der Waals surface area contributed by atoms with E-state index < -0.39 is 0 Å². The van der Waals surface area contributed by atoms with Gasteiger partial charge in [0, 0.05) is 34.1 Å². The first-order valence-corrected chi connectivity index (χ1v) is 12.2. The van der Waals surface area contributed by atoms with Crippen molar-refractivity contribution in [2.24, 2.45) is 11.8 Å². The summed E-state index contributed by atoms with van der Waals surface area (Å²) in [6.07, 6.45) is 17.1. The first-order valence-electron chi connectivity index (χ1n) is 12.2. The van der Waals surface area contributed by atoms with Crippen LogP contribution in [0.15, 0.2) is 96.4 Å². The van der Waals surface area contributed by atoms with Gasteiger partial charge in [-0.1, -0.05) is 80.6 Å². The molecular weight excluding hydrogens is 400 g/mol. The maximum Gasteiger partial charge on any atom is 0.0534 e. The standard InChI is InChI=1S/C31H30N2/c1-21-15-18-30-27(19-21)26-13-6-7-14-29(26)33(30)25-12-8-11-24(20-25)32-28-17-16-22(2)31(28)23-9-4-3-5-10-23/h3-7,9-11,13-18,20-22,32H,8,12,19H2,1-2H3/t21-,22?/m1/s1. The molecule has 2 heteroatoms. The molecule has 1 unspecified atom stereocenters. The van der Waals surface area contributed by atoms with Gasteiger partial charge in [0.25, 0.3) is 0 Å². The van der Waals surface area contributed by atoms with Gasteiger partial charge in [-0.25, -0.2) is 0 Å². The van der Waals surface area contributed by atoms with Crippen LogP contribution in [-0.4, -0.2) is 4.57 Å². The summed E-state index contributed by atoms with van der Waals surface area (Å²) < 4.78 is 2.50. The Bertz CT molecular complexity index is 1380. The van der Waals surface area contributed by atoms with E-state index in [-0.39, 0.29) is 0 Å². The lowest BCUT2D eigenvalue weighted by molar-refractivity contribution is 0.717. The molecule has 0 fully saturated rings.